The zero-order valence-corrected chi connectivity index (χ0v) is 9.90. The number of allylic oxidation sites excluding steroid dienone is 4. The van der Waals surface area contributed by atoms with Crippen LogP contribution < -0.4 is 0 Å². The van der Waals surface area contributed by atoms with E-state index in [9.17, 15) is 0 Å². The van der Waals surface area contributed by atoms with Crippen LogP contribution in [0, 0.1) is 0 Å². The van der Waals surface area contributed by atoms with E-state index in [0.717, 1.165) is 6.54 Å². The summed E-state index contributed by atoms with van der Waals surface area (Å²) in [5, 5.41) is 1.30. The summed E-state index contributed by atoms with van der Waals surface area (Å²) in [6.07, 6.45) is 8.29. The molecule has 0 aromatic heterocycles. The van der Waals surface area contributed by atoms with Crippen molar-refractivity contribution in [1.82, 2.24) is 4.90 Å². The maximum atomic E-state index is 3.85. The molecule has 76 valence electrons. The Hall–Kier alpha value is -0.890. The minimum atomic E-state index is 1.00. The van der Waals surface area contributed by atoms with Crippen molar-refractivity contribution >= 4 is 11.8 Å². The molecule has 1 aliphatic rings. The molecule has 1 heterocycles. The number of hydrogen-bond donors (Lipinski definition) is 0. The Bertz CT molecular complexity index is 310. The lowest BCUT2D eigenvalue weighted by Gasteiger charge is -2.18. The average Bonchev–Trinajstić information content (AvgIpc) is 2.56. The second-order valence-corrected chi connectivity index (χ2v) is 3.99. The van der Waals surface area contributed by atoms with E-state index in [1.54, 1.807) is 11.8 Å². The minimum Gasteiger partial charge on any atom is -0.336 e. The zero-order valence-electron chi connectivity index (χ0n) is 9.08. The fourth-order valence-corrected chi connectivity index (χ4v) is 2.54. The highest BCUT2D eigenvalue weighted by molar-refractivity contribution is 8.07. The van der Waals surface area contributed by atoms with Gasteiger partial charge in [0.1, 0.15) is 0 Å². The number of likely N-dealkylation sites (N-methyl/N-ethyl adjacent to an activating group) is 1. The Balaban J connectivity index is 3.08. The number of hydrogen-bond acceptors (Lipinski definition) is 2. The molecule has 0 spiro atoms. The van der Waals surface area contributed by atoms with E-state index in [4.69, 9.17) is 0 Å². The fourth-order valence-electron chi connectivity index (χ4n) is 1.49. The highest BCUT2D eigenvalue weighted by atomic mass is 32.2. The predicted octanol–water partition coefficient (Wildman–Crippen LogP) is 3.89. The molecule has 1 aliphatic heterocycles. The third-order valence-corrected chi connectivity index (χ3v) is 3.36. The molecule has 0 saturated carbocycles. The van der Waals surface area contributed by atoms with Gasteiger partial charge >= 0.3 is 0 Å². The van der Waals surface area contributed by atoms with E-state index in [2.05, 4.69) is 43.6 Å². The molecule has 0 aromatic rings. The minimum absolute atomic E-state index is 1.00. The molecule has 14 heavy (non-hydrogen) atoms. The lowest BCUT2D eigenvalue weighted by atomic mass is 10.3. The molecule has 0 aromatic carbocycles. The van der Waals surface area contributed by atoms with Crippen LogP contribution in [-0.4, -0.2) is 11.4 Å². The Morgan fingerprint density at radius 2 is 2.14 bits per heavy atom. The first kappa shape index (κ1) is 11.2. The lowest BCUT2D eigenvalue weighted by Crippen LogP contribution is -2.15. The average molecular weight is 207 g/mol. The highest BCUT2D eigenvalue weighted by Gasteiger charge is 2.22. The topological polar surface area (TPSA) is 3.24 Å². The zero-order chi connectivity index (χ0) is 10.6. The Labute approximate surface area is 90.9 Å². The largest absolute Gasteiger partial charge is 0.336 e. The second-order valence-electron chi connectivity index (χ2n) is 2.93. The van der Waals surface area contributed by atoms with E-state index >= 15 is 0 Å². The third-order valence-electron chi connectivity index (χ3n) is 2.10. The van der Waals surface area contributed by atoms with Gasteiger partial charge in [-0.05, 0) is 26.8 Å². The van der Waals surface area contributed by atoms with Crippen molar-refractivity contribution in [2.24, 2.45) is 0 Å². The summed E-state index contributed by atoms with van der Waals surface area (Å²) in [5.41, 5.74) is 1.27. The summed E-state index contributed by atoms with van der Waals surface area (Å²) in [6.45, 7) is 11.1. The molecule has 0 aliphatic carbocycles. The van der Waals surface area contributed by atoms with E-state index in [1.807, 2.05) is 13.0 Å². The first-order valence-corrected chi connectivity index (χ1v) is 5.71. The molecule has 2 heteroatoms. The van der Waals surface area contributed by atoms with Crippen molar-refractivity contribution in [2.45, 2.75) is 20.8 Å². The van der Waals surface area contributed by atoms with Gasteiger partial charge in [0.05, 0.1) is 10.7 Å². The third kappa shape index (κ3) is 1.95. The fraction of sp³-hybridized carbons (Fsp3) is 0.333. The van der Waals surface area contributed by atoms with Crippen molar-refractivity contribution < 1.29 is 0 Å². The standard InChI is InChI=1S/C12H17NS/c1-5-9-10-11(6-2)14-12(7-3)13(10)8-4/h5-7,9H,2,8H2,1,3-4H3/b9-5-,12-7-. The second kappa shape index (κ2) is 5.11. The Kier molecular flexibility index (Phi) is 4.08. The van der Waals surface area contributed by atoms with Crippen LogP contribution >= 0.6 is 11.8 Å². The first-order valence-electron chi connectivity index (χ1n) is 4.89. The molecule has 0 saturated heterocycles. The van der Waals surface area contributed by atoms with E-state index in [-0.39, 0.29) is 0 Å². The summed E-state index contributed by atoms with van der Waals surface area (Å²) < 4.78 is 0. The van der Waals surface area contributed by atoms with Crippen molar-refractivity contribution in [3.8, 4) is 0 Å². The molecule has 0 unspecified atom stereocenters. The van der Waals surface area contributed by atoms with Gasteiger partial charge in [-0.25, -0.2) is 0 Å². The van der Waals surface area contributed by atoms with Crippen LogP contribution in [0.2, 0.25) is 0 Å². The summed E-state index contributed by atoms with van der Waals surface area (Å²) in [5.74, 6) is 0. The van der Waals surface area contributed by atoms with Gasteiger partial charge in [0.2, 0.25) is 0 Å². The smallest absolute Gasteiger partial charge is 0.0757 e. The Morgan fingerprint density at radius 1 is 1.43 bits per heavy atom. The van der Waals surface area contributed by atoms with Gasteiger partial charge < -0.3 is 4.90 Å². The normalized spacial score (nSPS) is 20.2. The highest BCUT2D eigenvalue weighted by Crippen LogP contribution is 2.41. The quantitative estimate of drug-likeness (QED) is 0.690. The molecule has 0 amide bonds. The summed E-state index contributed by atoms with van der Waals surface area (Å²) in [4.78, 5) is 3.56. The van der Waals surface area contributed by atoms with Crippen LogP contribution in [0.4, 0.5) is 0 Å². The van der Waals surface area contributed by atoms with Crippen LogP contribution in [0.5, 0.6) is 0 Å². The van der Waals surface area contributed by atoms with E-state index in [1.165, 1.54) is 15.6 Å². The van der Waals surface area contributed by atoms with Crippen molar-refractivity contribution in [3.05, 3.63) is 46.5 Å². The summed E-state index contributed by atoms with van der Waals surface area (Å²) in [6, 6.07) is 0. The molecule has 0 fully saturated rings. The molecule has 1 rings (SSSR count). The maximum Gasteiger partial charge on any atom is 0.0757 e. The van der Waals surface area contributed by atoms with Gasteiger partial charge in [-0.15, -0.1) is 0 Å². The summed E-state index contributed by atoms with van der Waals surface area (Å²) in [7, 11) is 0. The molecule has 0 atom stereocenters. The van der Waals surface area contributed by atoms with Gasteiger partial charge in [-0.3, -0.25) is 0 Å². The van der Waals surface area contributed by atoms with Gasteiger partial charge in [0, 0.05) is 11.4 Å². The number of nitrogens with zero attached hydrogens (tertiary/aromatic N) is 1. The van der Waals surface area contributed by atoms with E-state index < -0.39 is 0 Å². The summed E-state index contributed by atoms with van der Waals surface area (Å²) >= 11 is 1.79. The van der Waals surface area contributed by atoms with Gasteiger partial charge in [0.25, 0.3) is 0 Å². The van der Waals surface area contributed by atoms with E-state index in [0.29, 0.717) is 0 Å². The molecule has 1 nitrogen and oxygen atoms in total. The van der Waals surface area contributed by atoms with Crippen molar-refractivity contribution in [3.63, 3.8) is 0 Å². The van der Waals surface area contributed by atoms with Crippen molar-refractivity contribution in [2.75, 3.05) is 6.54 Å². The predicted molar refractivity (Wildman–Crippen MR) is 65.8 cm³/mol. The van der Waals surface area contributed by atoms with Gasteiger partial charge in [-0.2, -0.15) is 0 Å². The van der Waals surface area contributed by atoms with Gasteiger partial charge in [0.15, 0.2) is 0 Å². The molecular formula is C12H17NS. The van der Waals surface area contributed by atoms with Gasteiger partial charge in [-0.1, -0.05) is 36.6 Å². The van der Waals surface area contributed by atoms with Crippen LogP contribution in [0.3, 0.4) is 0 Å². The first-order chi connectivity index (χ1) is 6.78. The van der Waals surface area contributed by atoms with Crippen molar-refractivity contribution in [1.29, 1.82) is 0 Å². The van der Waals surface area contributed by atoms with Crippen LogP contribution in [-0.2, 0) is 0 Å². The molecular weight excluding hydrogens is 190 g/mol. The number of rotatable bonds is 3. The number of thioether (sulfide) groups is 1. The molecule has 0 radical (unpaired) electrons. The van der Waals surface area contributed by atoms with Crippen LogP contribution in [0.1, 0.15) is 20.8 Å². The Morgan fingerprint density at radius 3 is 2.57 bits per heavy atom. The SMILES string of the molecule is C=CC1=C(/C=C\C)N(CC)/C(=C/C)S1. The monoisotopic (exact) mass is 207 g/mol. The van der Waals surface area contributed by atoms with Crippen LogP contribution in [0.25, 0.3) is 0 Å². The lowest BCUT2D eigenvalue weighted by molar-refractivity contribution is 0.500. The molecule has 0 bridgehead atoms. The van der Waals surface area contributed by atoms with Crippen LogP contribution in [0.15, 0.2) is 46.5 Å². The molecule has 0 N–H and O–H groups in total. The maximum absolute atomic E-state index is 3.85.